The summed E-state index contributed by atoms with van der Waals surface area (Å²) in [4.78, 5) is 40.8. The summed E-state index contributed by atoms with van der Waals surface area (Å²) in [6.45, 7) is 5.16. The third-order valence-corrected chi connectivity index (χ3v) is 5.68. The summed E-state index contributed by atoms with van der Waals surface area (Å²) in [5, 5.41) is 3.07. The van der Waals surface area contributed by atoms with Gasteiger partial charge in [0.05, 0.1) is 19.6 Å². The van der Waals surface area contributed by atoms with Crippen molar-refractivity contribution >= 4 is 17.8 Å². The maximum atomic E-state index is 12.9. The van der Waals surface area contributed by atoms with Gasteiger partial charge in [0.15, 0.2) is 0 Å². The Labute approximate surface area is 194 Å². The van der Waals surface area contributed by atoms with Crippen LogP contribution in [0.25, 0.3) is 0 Å². The summed E-state index contributed by atoms with van der Waals surface area (Å²) in [6, 6.07) is 0. The van der Waals surface area contributed by atoms with Crippen LogP contribution in [0.3, 0.4) is 0 Å². The molecule has 1 rings (SSSR count). The van der Waals surface area contributed by atoms with Crippen molar-refractivity contribution in [2.75, 3.05) is 39.3 Å². The number of ether oxygens (including phenoxy) is 1. The standard InChI is InChI=1S/C25H43N3O4/c1-4-16-26-19-23(29)27(17-5-2)20-24(30)28(18-6-3)21-25(31)32-22-14-12-10-8-7-9-11-13-15-22/h3,22,26H,4-5,7-21H2,1-2H3. The van der Waals surface area contributed by atoms with E-state index >= 15 is 0 Å². The van der Waals surface area contributed by atoms with Gasteiger partial charge in [0.25, 0.3) is 0 Å². The lowest BCUT2D eigenvalue weighted by Crippen LogP contribution is -2.47. The Morgan fingerprint density at radius 3 is 2.09 bits per heavy atom. The van der Waals surface area contributed by atoms with Crippen LogP contribution in [0.4, 0.5) is 0 Å². The molecular formula is C25H43N3O4. The van der Waals surface area contributed by atoms with E-state index in [-0.39, 0.29) is 44.1 Å². The number of carbonyl (C=O) groups is 3. The molecule has 32 heavy (non-hydrogen) atoms. The summed E-state index contributed by atoms with van der Waals surface area (Å²) >= 11 is 0. The van der Waals surface area contributed by atoms with Crippen LogP contribution in [0.2, 0.25) is 0 Å². The number of rotatable bonds is 12. The zero-order valence-corrected chi connectivity index (χ0v) is 20.2. The lowest BCUT2D eigenvalue weighted by molar-refractivity contribution is -0.154. The smallest absolute Gasteiger partial charge is 0.325 e. The first-order valence-electron chi connectivity index (χ1n) is 12.4. The largest absolute Gasteiger partial charge is 0.461 e. The van der Waals surface area contributed by atoms with E-state index in [2.05, 4.69) is 11.2 Å². The van der Waals surface area contributed by atoms with Crippen molar-refractivity contribution in [1.29, 1.82) is 0 Å². The van der Waals surface area contributed by atoms with Crippen molar-refractivity contribution in [2.24, 2.45) is 0 Å². The Morgan fingerprint density at radius 2 is 1.53 bits per heavy atom. The molecule has 182 valence electrons. The molecule has 0 saturated heterocycles. The molecule has 0 atom stereocenters. The third kappa shape index (κ3) is 12.1. The van der Waals surface area contributed by atoms with Crippen LogP contribution in [0.5, 0.6) is 0 Å². The molecule has 2 amide bonds. The highest BCUT2D eigenvalue weighted by atomic mass is 16.5. The summed E-state index contributed by atoms with van der Waals surface area (Å²) in [5.74, 6) is 1.57. The van der Waals surface area contributed by atoms with Gasteiger partial charge in [-0.25, -0.2) is 0 Å². The molecule has 0 spiro atoms. The van der Waals surface area contributed by atoms with Crippen LogP contribution in [0.15, 0.2) is 0 Å². The molecule has 1 saturated carbocycles. The highest BCUT2D eigenvalue weighted by Crippen LogP contribution is 2.19. The number of esters is 1. The van der Waals surface area contributed by atoms with E-state index in [0.29, 0.717) is 6.54 Å². The van der Waals surface area contributed by atoms with Gasteiger partial charge in [-0.15, -0.1) is 6.42 Å². The van der Waals surface area contributed by atoms with Gasteiger partial charge in [0.1, 0.15) is 12.6 Å². The van der Waals surface area contributed by atoms with Crippen LogP contribution in [0.1, 0.15) is 84.5 Å². The lowest BCUT2D eigenvalue weighted by atomic mass is 9.99. The molecule has 1 fully saturated rings. The average Bonchev–Trinajstić information content (AvgIpc) is 2.77. The van der Waals surface area contributed by atoms with Crippen LogP contribution >= 0.6 is 0 Å². The van der Waals surface area contributed by atoms with Crippen molar-refractivity contribution in [3.63, 3.8) is 0 Å². The highest BCUT2D eigenvalue weighted by molar-refractivity contribution is 5.88. The minimum absolute atomic E-state index is 0.0147. The van der Waals surface area contributed by atoms with Crippen molar-refractivity contribution < 1.29 is 19.1 Å². The van der Waals surface area contributed by atoms with Gasteiger partial charge in [0, 0.05) is 6.54 Å². The van der Waals surface area contributed by atoms with Crippen LogP contribution < -0.4 is 5.32 Å². The molecule has 0 unspecified atom stereocenters. The Balaban J connectivity index is 2.64. The second-order valence-corrected chi connectivity index (χ2v) is 8.61. The topological polar surface area (TPSA) is 79.0 Å². The molecule has 0 aromatic rings. The molecule has 0 aromatic carbocycles. The van der Waals surface area contributed by atoms with Crippen LogP contribution in [0, 0.1) is 12.3 Å². The van der Waals surface area contributed by atoms with Crippen molar-refractivity contribution in [1.82, 2.24) is 15.1 Å². The first kappa shape index (κ1) is 28.0. The first-order chi connectivity index (χ1) is 15.5. The Hall–Kier alpha value is -2.07. The van der Waals surface area contributed by atoms with Crippen LogP contribution in [-0.4, -0.2) is 73.0 Å². The minimum Gasteiger partial charge on any atom is -0.461 e. The summed E-state index contributed by atoms with van der Waals surface area (Å²) < 4.78 is 5.72. The molecule has 0 bridgehead atoms. The number of terminal acetylenes is 1. The first-order valence-corrected chi connectivity index (χ1v) is 12.4. The SMILES string of the molecule is C#CCN(CC(=O)OC1CCCCCCCCC1)C(=O)CN(CCC)C(=O)CNCCC. The quantitative estimate of drug-likeness (QED) is 0.281. The van der Waals surface area contributed by atoms with Crippen molar-refractivity contribution in [3.8, 4) is 12.3 Å². The zero-order chi connectivity index (χ0) is 23.6. The van der Waals surface area contributed by atoms with Crippen molar-refractivity contribution in [3.05, 3.63) is 0 Å². The van der Waals surface area contributed by atoms with Gasteiger partial charge in [-0.3, -0.25) is 14.4 Å². The number of nitrogens with one attached hydrogen (secondary N) is 1. The highest BCUT2D eigenvalue weighted by Gasteiger charge is 2.24. The number of hydrogen-bond acceptors (Lipinski definition) is 5. The minimum atomic E-state index is -0.423. The predicted octanol–water partition coefficient (Wildman–Crippen LogP) is 3.12. The number of nitrogens with zero attached hydrogens (tertiary/aromatic N) is 2. The second-order valence-electron chi connectivity index (χ2n) is 8.61. The van der Waals surface area contributed by atoms with E-state index in [1.54, 1.807) is 0 Å². The fourth-order valence-corrected chi connectivity index (χ4v) is 3.92. The van der Waals surface area contributed by atoms with Gasteiger partial charge >= 0.3 is 5.97 Å². The third-order valence-electron chi connectivity index (χ3n) is 5.68. The Morgan fingerprint density at radius 1 is 0.906 bits per heavy atom. The lowest BCUT2D eigenvalue weighted by Gasteiger charge is -2.27. The molecule has 0 heterocycles. The summed E-state index contributed by atoms with van der Waals surface area (Å²) in [6.07, 6.45) is 17.0. The average molecular weight is 450 g/mol. The van der Waals surface area contributed by atoms with Gasteiger partial charge in [-0.05, 0) is 45.1 Å². The van der Waals surface area contributed by atoms with E-state index in [9.17, 15) is 14.4 Å². The molecule has 1 aliphatic carbocycles. The van der Waals surface area contributed by atoms with E-state index in [1.807, 2.05) is 13.8 Å². The number of hydrogen-bond donors (Lipinski definition) is 1. The maximum absolute atomic E-state index is 12.9. The molecular weight excluding hydrogens is 406 g/mol. The fourth-order valence-electron chi connectivity index (χ4n) is 3.92. The normalized spacial score (nSPS) is 15.4. The molecule has 0 radical (unpaired) electrons. The molecule has 0 aliphatic heterocycles. The fraction of sp³-hybridized carbons (Fsp3) is 0.800. The summed E-state index contributed by atoms with van der Waals surface area (Å²) in [7, 11) is 0. The van der Waals surface area contributed by atoms with Gasteiger partial charge in [-0.1, -0.05) is 51.9 Å². The van der Waals surface area contributed by atoms with E-state index in [4.69, 9.17) is 11.2 Å². The second kappa shape index (κ2) is 17.5. The zero-order valence-electron chi connectivity index (χ0n) is 20.2. The molecule has 0 aromatic heterocycles. The number of amides is 2. The maximum Gasteiger partial charge on any atom is 0.325 e. The van der Waals surface area contributed by atoms with E-state index in [1.165, 1.54) is 41.9 Å². The Kier molecular flexibility index (Phi) is 15.3. The van der Waals surface area contributed by atoms with Gasteiger partial charge in [0.2, 0.25) is 11.8 Å². The van der Waals surface area contributed by atoms with Gasteiger partial charge in [-0.2, -0.15) is 0 Å². The van der Waals surface area contributed by atoms with Gasteiger partial charge < -0.3 is 19.9 Å². The molecule has 7 heteroatoms. The molecule has 1 aliphatic rings. The van der Waals surface area contributed by atoms with E-state index < -0.39 is 5.97 Å². The Bertz CT molecular complexity index is 592. The van der Waals surface area contributed by atoms with E-state index in [0.717, 1.165) is 45.1 Å². The monoisotopic (exact) mass is 449 g/mol. The predicted molar refractivity (Wildman–Crippen MR) is 127 cm³/mol. The summed E-state index contributed by atoms with van der Waals surface area (Å²) in [5.41, 5.74) is 0. The van der Waals surface area contributed by atoms with Crippen molar-refractivity contribution in [2.45, 2.75) is 90.6 Å². The molecule has 7 nitrogen and oxygen atoms in total. The molecule has 1 N–H and O–H groups in total. The number of carbonyl (C=O) groups excluding carboxylic acids is 3. The van der Waals surface area contributed by atoms with Crippen LogP contribution in [-0.2, 0) is 19.1 Å².